The Morgan fingerprint density at radius 2 is 2.00 bits per heavy atom. The van der Waals surface area contributed by atoms with Crippen molar-refractivity contribution >= 4 is 5.91 Å². The Hall–Kier alpha value is -0.790. The van der Waals surface area contributed by atoms with Gasteiger partial charge in [-0.3, -0.25) is 4.79 Å². The summed E-state index contributed by atoms with van der Waals surface area (Å²) in [6.45, 7) is 6.17. The Morgan fingerprint density at radius 3 is 2.57 bits per heavy atom. The zero-order chi connectivity index (χ0) is 10.4. The van der Waals surface area contributed by atoms with Crippen molar-refractivity contribution in [3.8, 4) is 0 Å². The Kier molecular flexibility index (Phi) is 4.71. The molecule has 2 nitrogen and oxygen atoms in total. The fourth-order valence-electron chi connectivity index (χ4n) is 2.02. The van der Waals surface area contributed by atoms with Gasteiger partial charge >= 0.3 is 0 Å². The summed E-state index contributed by atoms with van der Waals surface area (Å²) in [5.74, 6) is 0.843. The summed E-state index contributed by atoms with van der Waals surface area (Å²) >= 11 is 0. The van der Waals surface area contributed by atoms with Crippen LogP contribution in [0.1, 0.15) is 45.4 Å². The maximum atomic E-state index is 11.2. The molecule has 1 rings (SSSR count). The molecular formula is C12H21NO. The predicted octanol–water partition coefficient (Wildman–Crippen LogP) is 2.65. The normalized spacial score (nSPS) is 17.8. The second kappa shape index (κ2) is 5.84. The number of hydrogen-bond donors (Lipinski definition) is 1. The summed E-state index contributed by atoms with van der Waals surface area (Å²) in [6, 6.07) is 0. The third-order valence-electron chi connectivity index (χ3n) is 2.95. The van der Waals surface area contributed by atoms with Crippen molar-refractivity contribution in [2.75, 3.05) is 6.54 Å². The van der Waals surface area contributed by atoms with Crippen LogP contribution in [-0.2, 0) is 4.79 Å². The average molecular weight is 195 g/mol. The Bertz CT molecular complexity index is 204. The van der Waals surface area contributed by atoms with Crippen LogP contribution in [0.2, 0.25) is 0 Å². The maximum absolute atomic E-state index is 11.2. The fourth-order valence-corrected chi connectivity index (χ4v) is 2.02. The highest BCUT2D eigenvalue weighted by molar-refractivity contribution is 5.91. The molecule has 0 unspecified atom stereocenters. The largest absolute Gasteiger partial charge is 0.352 e. The van der Waals surface area contributed by atoms with Crippen molar-refractivity contribution in [3.05, 3.63) is 12.2 Å². The minimum atomic E-state index is 0.000749. The van der Waals surface area contributed by atoms with Crippen molar-refractivity contribution in [3.63, 3.8) is 0 Å². The van der Waals surface area contributed by atoms with E-state index in [1.165, 1.54) is 32.1 Å². The molecule has 0 spiro atoms. The smallest absolute Gasteiger partial charge is 0.246 e. The van der Waals surface area contributed by atoms with Crippen LogP contribution in [0.5, 0.6) is 0 Å². The van der Waals surface area contributed by atoms with E-state index in [9.17, 15) is 4.79 Å². The first-order valence-corrected chi connectivity index (χ1v) is 5.64. The third-order valence-corrected chi connectivity index (χ3v) is 2.95. The Morgan fingerprint density at radius 1 is 1.36 bits per heavy atom. The van der Waals surface area contributed by atoms with E-state index in [1.54, 1.807) is 6.92 Å². The molecule has 14 heavy (non-hydrogen) atoms. The number of amides is 1. The van der Waals surface area contributed by atoms with Crippen LogP contribution in [0.3, 0.4) is 0 Å². The summed E-state index contributed by atoms with van der Waals surface area (Å²) in [7, 11) is 0. The molecule has 0 bridgehead atoms. The van der Waals surface area contributed by atoms with Crippen molar-refractivity contribution in [2.24, 2.45) is 5.92 Å². The number of nitrogens with one attached hydrogen (secondary N) is 1. The molecule has 0 aromatic carbocycles. The predicted molar refractivity (Wildman–Crippen MR) is 59.0 cm³/mol. The first-order chi connectivity index (χ1) is 6.70. The molecule has 1 fully saturated rings. The standard InChI is InChI=1S/C12H21NO/c1-10(2)12(14)13-9-8-11-6-4-3-5-7-11/h11H,1,3-9H2,2H3,(H,13,14). The second-order valence-corrected chi connectivity index (χ2v) is 4.33. The van der Waals surface area contributed by atoms with Crippen LogP contribution in [0.15, 0.2) is 12.2 Å². The summed E-state index contributed by atoms with van der Waals surface area (Å²) in [5.41, 5.74) is 0.605. The van der Waals surface area contributed by atoms with Gasteiger partial charge in [0.15, 0.2) is 0 Å². The van der Waals surface area contributed by atoms with Gasteiger partial charge in [-0.25, -0.2) is 0 Å². The maximum Gasteiger partial charge on any atom is 0.246 e. The van der Waals surface area contributed by atoms with Gasteiger partial charge < -0.3 is 5.32 Å². The molecule has 1 saturated carbocycles. The molecular weight excluding hydrogens is 174 g/mol. The van der Waals surface area contributed by atoms with E-state index in [0.29, 0.717) is 5.57 Å². The SMILES string of the molecule is C=C(C)C(=O)NCCC1CCCCC1. The van der Waals surface area contributed by atoms with Crippen LogP contribution in [0, 0.1) is 5.92 Å². The zero-order valence-corrected chi connectivity index (χ0v) is 9.14. The average Bonchev–Trinajstić information content (AvgIpc) is 2.19. The van der Waals surface area contributed by atoms with Crippen molar-refractivity contribution in [2.45, 2.75) is 45.4 Å². The van der Waals surface area contributed by atoms with Gasteiger partial charge in [0, 0.05) is 12.1 Å². The van der Waals surface area contributed by atoms with Gasteiger partial charge in [-0.05, 0) is 19.3 Å². The lowest BCUT2D eigenvalue weighted by atomic mass is 9.87. The van der Waals surface area contributed by atoms with Gasteiger partial charge in [-0.1, -0.05) is 38.7 Å². The first-order valence-electron chi connectivity index (χ1n) is 5.64. The molecule has 1 aliphatic carbocycles. The lowest BCUT2D eigenvalue weighted by Gasteiger charge is -2.21. The third kappa shape index (κ3) is 3.95. The molecule has 80 valence electrons. The first kappa shape index (κ1) is 11.3. The fraction of sp³-hybridized carbons (Fsp3) is 0.750. The summed E-state index contributed by atoms with van der Waals surface area (Å²) in [4.78, 5) is 11.2. The monoisotopic (exact) mass is 195 g/mol. The number of hydrogen-bond acceptors (Lipinski definition) is 1. The molecule has 1 N–H and O–H groups in total. The van der Waals surface area contributed by atoms with E-state index in [1.807, 2.05) is 0 Å². The minimum Gasteiger partial charge on any atom is -0.352 e. The molecule has 1 amide bonds. The highest BCUT2D eigenvalue weighted by Gasteiger charge is 2.13. The summed E-state index contributed by atoms with van der Waals surface area (Å²) in [5, 5.41) is 2.89. The van der Waals surface area contributed by atoms with Gasteiger partial charge in [0.2, 0.25) is 5.91 Å². The summed E-state index contributed by atoms with van der Waals surface area (Å²) in [6.07, 6.45) is 7.98. The van der Waals surface area contributed by atoms with E-state index in [4.69, 9.17) is 0 Å². The molecule has 2 heteroatoms. The van der Waals surface area contributed by atoms with Gasteiger partial charge in [0.05, 0.1) is 0 Å². The van der Waals surface area contributed by atoms with E-state index in [0.717, 1.165) is 18.9 Å². The number of carbonyl (C=O) groups is 1. The van der Waals surface area contributed by atoms with Crippen molar-refractivity contribution < 1.29 is 4.79 Å². The van der Waals surface area contributed by atoms with Gasteiger partial charge in [0.25, 0.3) is 0 Å². The van der Waals surface area contributed by atoms with Gasteiger partial charge in [-0.15, -0.1) is 0 Å². The molecule has 1 aliphatic rings. The van der Waals surface area contributed by atoms with Gasteiger partial charge in [-0.2, -0.15) is 0 Å². The van der Waals surface area contributed by atoms with Gasteiger partial charge in [0.1, 0.15) is 0 Å². The van der Waals surface area contributed by atoms with Crippen molar-refractivity contribution in [1.29, 1.82) is 0 Å². The van der Waals surface area contributed by atoms with E-state index < -0.39 is 0 Å². The summed E-state index contributed by atoms with van der Waals surface area (Å²) < 4.78 is 0. The molecule has 0 aromatic heterocycles. The molecule has 0 aromatic rings. The van der Waals surface area contributed by atoms with Crippen LogP contribution >= 0.6 is 0 Å². The second-order valence-electron chi connectivity index (χ2n) is 4.33. The molecule has 0 atom stereocenters. The van der Waals surface area contributed by atoms with E-state index in [-0.39, 0.29) is 5.91 Å². The molecule has 0 aliphatic heterocycles. The number of carbonyl (C=O) groups excluding carboxylic acids is 1. The van der Waals surface area contributed by atoms with E-state index in [2.05, 4.69) is 11.9 Å². The zero-order valence-electron chi connectivity index (χ0n) is 9.14. The van der Waals surface area contributed by atoms with Crippen LogP contribution in [0.25, 0.3) is 0 Å². The van der Waals surface area contributed by atoms with E-state index >= 15 is 0 Å². The highest BCUT2D eigenvalue weighted by atomic mass is 16.1. The lowest BCUT2D eigenvalue weighted by molar-refractivity contribution is -0.117. The highest BCUT2D eigenvalue weighted by Crippen LogP contribution is 2.25. The van der Waals surface area contributed by atoms with Crippen molar-refractivity contribution in [1.82, 2.24) is 5.32 Å². The Balaban J connectivity index is 2.08. The molecule has 0 heterocycles. The number of rotatable bonds is 4. The minimum absolute atomic E-state index is 0.000749. The Labute approximate surface area is 86.8 Å². The quantitative estimate of drug-likeness (QED) is 0.686. The molecule has 0 radical (unpaired) electrons. The molecule has 0 saturated heterocycles. The topological polar surface area (TPSA) is 29.1 Å². The van der Waals surface area contributed by atoms with Crippen LogP contribution < -0.4 is 5.32 Å². The lowest BCUT2D eigenvalue weighted by Crippen LogP contribution is -2.26. The van der Waals surface area contributed by atoms with Crippen LogP contribution in [-0.4, -0.2) is 12.5 Å². The van der Waals surface area contributed by atoms with Crippen LogP contribution in [0.4, 0.5) is 0 Å².